The van der Waals surface area contributed by atoms with Gasteiger partial charge in [0.15, 0.2) is 11.2 Å². The zero-order chi connectivity index (χ0) is 61.5. The zero-order valence-corrected chi connectivity index (χ0v) is 50.7. The van der Waals surface area contributed by atoms with E-state index < -0.39 is 0 Å². The number of hydrogen-bond acceptors (Lipinski definition) is 4. The summed E-state index contributed by atoms with van der Waals surface area (Å²) in [7, 11) is 0. The number of hydrogen-bond donors (Lipinski definition) is 0. The standard InChI is InChI=1S/C90H52N2O2/c1-3-23-59-53(18-1)20-15-34-68(59)84-71-30-8-7-29-70(71)83(79-51-57(39-42-75(79)84)87-89-77(46-48-91-87)66-27-11-13-36-81(66)93-89)56-38-41-61-55(50-56)22-17-33-62(61)65-44-45-74(64-26-6-5-25-63(64)65)85-72-31-9-10-32-73(72)86(69-35-16-21-54-19-2-4-24-60(54)69)80-52-58(40-43-76(80)85)88-90-78(47-49-92-88)67-28-12-14-37-82(67)94-90/h1-52H. The molecule has 20 rings (SSSR count). The molecule has 4 heteroatoms. The van der Waals surface area contributed by atoms with Gasteiger partial charge < -0.3 is 8.83 Å². The fourth-order valence-electron chi connectivity index (χ4n) is 15.9. The summed E-state index contributed by atoms with van der Waals surface area (Å²) in [6, 6.07) is 111. The number of benzene rings is 16. The van der Waals surface area contributed by atoms with Crippen LogP contribution in [0.1, 0.15) is 0 Å². The van der Waals surface area contributed by atoms with E-state index in [-0.39, 0.29) is 0 Å². The van der Waals surface area contributed by atoms with Crippen molar-refractivity contribution < 1.29 is 8.83 Å². The second-order valence-corrected chi connectivity index (χ2v) is 24.9. The molecular formula is C90H52N2O2. The van der Waals surface area contributed by atoms with E-state index in [0.29, 0.717) is 0 Å². The first kappa shape index (κ1) is 52.3. The van der Waals surface area contributed by atoms with Crippen molar-refractivity contribution in [2.75, 3.05) is 0 Å². The van der Waals surface area contributed by atoms with Gasteiger partial charge in [0.1, 0.15) is 22.6 Å². The van der Waals surface area contributed by atoms with Crippen molar-refractivity contribution in [2.45, 2.75) is 0 Å². The summed E-state index contributed by atoms with van der Waals surface area (Å²) >= 11 is 0. The molecule has 434 valence electrons. The fraction of sp³-hybridized carbons (Fsp3) is 0. The van der Waals surface area contributed by atoms with E-state index in [1.807, 2.05) is 36.7 Å². The molecule has 4 aromatic heterocycles. The van der Waals surface area contributed by atoms with Crippen LogP contribution in [0.15, 0.2) is 325 Å². The smallest absolute Gasteiger partial charge is 0.161 e. The van der Waals surface area contributed by atoms with Crippen LogP contribution < -0.4 is 0 Å². The summed E-state index contributed by atoms with van der Waals surface area (Å²) in [5.74, 6) is 0. The van der Waals surface area contributed by atoms with Crippen molar-refractivity contribution in [1.82, 2.24) is 9.97 Å². The molecule has 0 aliphatic heterocycles. The second-order valence-electron chi connectivity index (χ2n) is 24.9. The first-order chi connectivity index (χ1) is 46.6. The van der Waals surface area contributed by atoms with E-state index in [4.69, 9.17) is 18.8 Å². The van der Waals surface area contributed by atoms with E-state index in [0.717, 1.165) is 93.5 Å². The van der Waals surface area contributed by atoms with E-state index in [2.05, 4.69) is 279 Å². The lowest BCUT2D eigenvalue weighted by atomic mass is 9.82. The molecule has 16 aromatic carbocycles. The number of fused-ring (bicyclic) bond motifs is 14. The summed E-state index contributed by atoms with van der Waals surface area (Å²) in [5, 5.41) is 23.2. The minimum Gasteiger partial charge on any atom is -0.454 e. The molecule has 0 spiro atoms. The van der Waals surface area contributed by atoms with Gasteiger partial charge in [-0.1, -0.05) is 261 Å². The molecule has 4 heterocycles. The topological polar surface area (TPSA) is 52.1 Å². The molecule has 0 aliphatic carbocycles. The molecule has 4 nitrogen and oxygen atoms in total. The van der Waals surface area contributed by atoms with Crippen molar-refractivity contribution in [1.29, 1.82) is 0 Å². The van der Waals surface area contributed by atoms with Crippen molar-refractivity contribution in [2.24, 2.45) is 0 Å². The summed E-state index contributed by atoms with van der Waals surface area (Å²) in [6.07, 6.45) is 3.83. The van der Waals surface area contributed by atoms with Crippen molar-refractivity contribution in [3.63, 3.8) is 0 Å². The maximum absolute atomic E-state index is 6.66. The third-order valence-electron chi connectivity index (χ3n) is 20.0. The summed E-state index contributed by atoms with van der Waals surface area (Å²) in [4.78, 5) is 10.1. The quantitative estimate of drug-likeness (QED) is 0.149. The Morgan fingerprint density at radius 3 is 1.07 bits per heavy atom. The highest BCUT2D eigenvalue weighted by molar-refractivity contribution is 6.28. The second kappa shape index (κ2) is 20.5. The average molecular weight is 1190 g/mol. The third kappa shape index (κ3) is 7.81. The molecule has 0 unspecified atom stereocenters. The Labute approximate surface area is 539 Å². The predicted molar refractivity (Wildman–Crippen MR) is 395 cm³/mol. The Kier molecular flexibility index (Phi) is 11.4. The first-order valence-electron chi connectivity index (χ1n) is 32.2. The van der Waals surface area contributed by atoms with Crippen LogP contribution in [0, 0.1) is 0 Å². The van der Waals surface area contributed by atoms with Crippen LogP contribution in [0.25, 0.3) is 208 Å². The Balaban J connectivity index is 0.787. The van der Waals surface area contributed by atoms with Crippen LogP contribution in [0.5, 0.6) is 0 Å². The van der Waals surface area contributed by atoms with Crippen LogP contribution >= 0.6 is 0 Å². The number of rotatable bonds is 7. The first-order valence-corrected chi connectivity index (χ1v) is 32.2. The van der Waals surface area contributed by atoms with Gasteiger partial charge in [-0.15, -0.1) is 0 Å². The molecule has 0 fully saturated rings. The SMILES string of the molecule is c1cc(-c2ccc(-c3c4ccccc4c(-c4cccc5ccccc45)c4cc(-c5nccc6c5oc5ccccc56)ccc34)c3ccccc23)c2ccc(-c3c4ccccc4c(-c4cccc5ccccc45)c4ccc(-c5nccc6c5oc5ccccc56)cc34)cc2c1. The van der Waals surface area contributed by atoms with Crippen LogP contribution in [0.2, 0.25) is 0 Å². The third-order valence-corrected chi connectivity index (χ3v) is 20.0. The Morgan fingerprint density at radius 1 is 0.191 bits per heavy atom. The van der Waals surface area contributed by atoms with Gasteiger partial charge in [-0.3, -0.25) is 9.97 Å². The lowest BCUT2D eigenvalue weighted by molar-refractivity contribution is 0.668. The van der Waals surface area contributed by atoms with Crippen LogP contribution in [0.3, 0.4) is 0 Å². The van der Waals surface area contributed by atoms with E-state index >= 15 is 0 Å². The maximum atomic E-state index is 6.66. The number of furan rings is 2. The predicted octanol–water partition coefficient (Wildman–Crippen LogP) is 25.2. The molecule has 94 heavy (non-hydrogen) atoms. The van der Waals surface area contributed by atoms with Crippen LogP contribution in [-0.4, -0.2) is 9.97 Å². The molecule has 0 atom stereocenters. The lowest BCUT2D eigenvalue weighted by Crippen LogP contribution is -1.94. The molecular weight excluding hydrogens is 1140 g/mol. The molecule has 0 saturated heterocycles. The largest absolute Gasteiger partial charge is 0.454 e. The van der Waals surface area contributed by atoms with Crippen molar-refractivity contribution >= 4 is 130 Å². The molecule has 0 aliphatic rings. The van der Waals surface area contributed by atoms with Gasteiger partial charge in [0.2, 0.25) is 0 Å². The highest BCUT2D eigenvalue weighted by atomic mass is 16.3. The van der Waals surface area contributed by atoms with Gasteiger partial charge in [0.25, 0.3) is 0 Å². The lowest BCUT2D eigenvalue weighted by Gasteiger charge is -2.21. The Bertz CT molecular complexity index is 6620. The van der Waals surface area contributed by atoms with Crippen molar-refractivity contribution in [3.8, 4) is 78.1 Å². The summed E-state index contributed by atoms with van der Waals surface area (Å²) in [5.41, 5.74) is 18.8. The van der Waals surface area contributed by atoms with Gasteiger partial charge in [0.05, 0.1) is 0 Å². The Morgan fingerprint density at radius 2 is 0.532 bits per heavy atom. The molecule has 0 saturated carbocycles. The van der Waals surface area contributed by atoms with E-state index in [1.54, 1.807) is 0 Å². The molecule has 20 aromatic rings. The normalized spacial score (nSPS) is 12.0. The minimum atomic E-state index is 0.788. The summed E-state index contributed by atoms with van der Waals surface area (Å²) in [6.45, 7) is 0. The number of pyridine rings is 2. The van der Waals surface area contributed by atoms with Crippen LogP contribution in [-0.2, 0) is 0 Å². The molecule has 0 amide bonds. The highest BCUT2D eigenvalue weighted by Crippen LogP contribution is 2.52. The van der Waals surface area contributed by atoms with E-state index in [9.17, 15) is 0 Å². The molecule has 0 radical (unpaired) electrons. The monoisotopic (exact) mass is 1190 g/mol. The maximum Gasteiger partial charge on any atom is 0.161 e. The summed E-state index contributed by atoms with van der Waals surface area (Å²) < 4.78 is 13.3. The van der Waals surface area contributed by atoms with Gasteiger partial charge >= 0.3 is 0 Å². The number of nitrogens with zero attached hydrogens (tertiary/aromatic N) is 2. The van der Waals surface area contributed by atoms with Gasteiger partial charge in [-0.05, 0) is 184 Å². The Hall–Kier alpha value is -12.5. The van der Waals surface area contributed by atoms with Gasteiger partial charge in [-0.25, -0.2) is 0 Å². The number of aromatic nitrogens is 2. The highest BCUT2D eigenvalue weighted by Gasteiger charge is 2.25. The fourth-order valence-corrected chi connectivity index (χ4v) is 15.9. The molecule has 0 N–H and O–H groups in total. The van der Waals surface area contributed by atoms with Gasteiger partial charge in [0, 0.05) is 45.1 Å². The number of para-hydroxylation sites is 2. The average Bonchev–Trinajstić information content (AvgIpc) is 1.00. The van der Waals surface area contributed by atoms with Crippen LogP contribution in [0.4, 0.5) is 0 Å². The molecule has 0 bridgehead atoms. The van der Waals surface area contributed by atoms with Crippen molar-refractivity contribution in [3.05, 3.63) is 316 Å². The zero-order valence-electron chi connectivity index (χ0n) is 50.7. The van der Waals surface area contributed by atoms with E-state index in [1.165, 1.54) is 115 Å². The minimum absolute atomic E-state index is 0.788. The van der Waals surface area contributed by atoms with Gasteiger partial charge in [-0.2, -0.15) is 0 Å².